The van der Waals surface area contributed by atoms with Crippen LogP contribution in [0.25, 0.3) is 11.0 Å². The number of nitrogens with one attached hydrogen (secondary N) is 3. The Hall–Kier alpha value is -2.70. The largest absolute Gasteiger partial charge is 0.444 e. The quantitative estimate of drug-likeness (QED) is 0.751. The van der Waals surface area contributed by atoms with Crippen molar-refractivity contribution in [3.8, 4) is 0 Å². The number of carbonyl (C=O) groups excluding carboxylic acids is 1. The van der Waals surface area contributed by atoms with Gasteiger partial charge in [-0.2, -0.15) is 0 Å². The van der Waals surface area contributed by atoms with Crippen molar-refractivity contribution in [2.45, 2.75) is 32.8 Å². The van der Waals surface area contributed by atoms with Crippen molar-refractivity contribution in [1.29, 1.82) is 5.41 Å². The number of amides is 1. The lowest BCUT2D eigenvalue weighted by Gasteiger charge is -2.19. The van der Waals surface area contributed by atoms with Crippen LogP contribution in [0.5, 0.6) is 0 Å². The van der Waals surface area contributed by atoms with E-state index in [1.807, 2.05) is 6.07 Å². The Morgan fingerprint density at radius 2 is 2.27 bits per heavy atom. The first-order chi connectivity index (χ1) is 10.4. The van der Waals surface area contributed by atoms with E-state index in [4.69, 9.17) is 10.1 Å². The van der Waals surface area contributed by atoms with Crippen molar-refractivity contribution in [1.82, 2.24) is 9.97 Å². The van der Waals surface area contributed by atoms with Crippen molar-refractivity contribution in [2.75, 3.05) is 5.32 Å². The van der Waals surface area contributed by atoms with Gasteiger partial charge in [0.2, 0.25) is 0 Å². The van der Waals surface area contributed by atoms with Crippen molar-refractivity contribution >= 4 is 41.1 Å². The molecule has 2 heterocycles. The fourth-order valence-corrected chi connectivity index (χ4v) is 1.76. The number of aromatic amines is 1. The summed E-state index contributed by atoms with van der Waals surface area (Å²) in [6, 6.07) is 3.61. The van der Waals surface area contributed by atoms with Crippen LogP contribution in [0.4, 0.5) is 16.3 Å². The number of anilines is 1. The fraction of sp³-hybridized carbons (Fsp3) is 0.333. The van der Waals surface area contributed by atoms with Gasteiger partial charge in [0.15, 0.2) is 0 Å². The second kappa shape index (κ2) is 6.38. The minimum Gasteiger partial charge on any atom is -0.444 e. The van der Waals surface area contributed by atoms with Gasteiger partial charge in [-0.1, -0.05) is 0 Å². The van der Waals surface area contributed by atoms with Crippen LogP contribution in [0.2, 0.25) is 0 Å². The van der Waals surface area contributed by atoms with Crippen molar-refractivity contribution in [2.24, 2.45) is 4.99 Å². The third-order valence-corrected chi connectivity index (χ3v) is 2.55. The van der Waals surface area contributed by atoms with E-state index in [-0.39, 0.29) is 0 Å². The van der Waals surface area contributed by atoms with Crippen LogP contribution in [0, 0.1) is 5.41 Å². The second-order valence-corrected chi connectivity index (χ2v) is 5.69. The number of aliphatic imine (C=N–C) groups is 1. The summed E-state index contributed by atoms with van der Waals surface area (Å²) in [7, 11) is 0. The van der Waals surface area contributed by atoms with Gasteiger partial charge >= 0.3 is 6.09 Å². The first kappa shape index (κ1) is 15.7. The molecule has 0 aromatic carbocycles. The Morgan fingerprint density at radius 3 is 2.95 bits per heavy atom. The molecule has 22 heavy (non-hydrogen) atoms. The normalized spacial score (nSPS) is 11.8. The van der Waals surface area contributed by atoms with E-state index in [2.05, 4.69) is 20.3 Å². The zero-order valence-electron chi connectivity index (χ0n) is 12.8. The van der Waals surface area contributed by atoms with Crippen LogP contribution < -0.4 is 5.32 Å². The molecule has 0 spiro atoms. The number of hydrogen-bond donors (Lipinski definition) is 3. The molecule has 0 aliphatic rings. The number of fused-ring (bicyclic) bond motifs is 1. The zero-order chi connectivity index (χ0) is 16.2. The van der Waals surface area contributed by atoms with E-state index >= 15 is 0 Å². The molecule has 0 aliphatic carbocycles. The lowest BCUT2D eigenvalue weighted by Crippen LogP contribution is -2.27. The smallest absolute Gasteiger partial charge is 0.412 e. The molecule has 0 bridgehead atoms. The molecule has 0 saturated carbocycles. The van der Waals surface area contributed by atoms with E-state index in [0.717, 1.165) is 5.39 Å². The van der Waals surface area contributed by atoms with E-state index in [1.165, 1.54) is 6.21 Å². The number of ether oxygens (including phenoxy) is 1. The summed E-state index contributed by atoms with van der Waals surface area (Å²) in [6.45, 7) is 5.41. The highest BCUT2D eigenvalue weighted by Gasteiger charge is 2.16. The van der Waals surface area contributed by atoms with Gasteiger partial charge in [0.25, 0.3) is 0 Å². The molecule has 116 valence electrons. The van der Waals surface area contributed by atoms with Crippen LogP contribution in [-0.4, -0.2) is 34.1 Å². The van der Waals surface area contributed by atoms with Gasteiger partial charge in [-0.15, -0.1) is 0 Å². The highest BCUT2D eigenvalue weighted by atomic mass is 16.6. The fourth-order valence-electron chi connectivity index (χ4n) is 1.76. The van der Waals surface area contributed by atoms with Crippen LogP contribution in [0.15, 0.2) is 23.3 Å². The number of H-pyrrole nitrogens is 1. The molecule has 0 atom stereocenters. The molecule has 2 rings (SSSR count). The molecule has 0 aliphatic heterocycles. The van der Waals surface area contributed by atoms with Gasteiger partial charge in [0, 0.05) is 24.2 Å². The number of pyridine rings is 1. The standard InChI is InChI=1S/C15H19N5O2/c1-15(2,3)22-14(21)19-11-7-10-8-12(17-6-4-5-16)20-13(10)18-9-11/h5-9,16H,4H2,1-3H3,(H,18,20)(H,19,21). The molecule has 2 aromatic rings. The minimum atomic E-state index is -0.549. The average molecular weight is 301 g/mol. The topological polar surface area (TPSA) is 103 Å². The van der Waals surface area contributed by atoms with E-state index < -0.39 is 11.7 Å². The summed E-state index contributed by atoms with van der Waals surface area (Å²) in [5.74, 6) is 0.652. The maximum atomic E-state index is 11.7. The summed E-state index contributed by atoms with van der Waals surface area (Å²) in [5.41, 5.74) is 0.680. The van der Waals surface area contributed by atoms with E-state index in [0.29, 0.717) is 23.6 Å². The monoisotopic (exact) mass is 301 g/mol. The maximum Gasteiger partial charge on any atom is 0.412 e. The molecule has 0 radical (unpaired) electrons. The highest BCUT2D eigenvalue weighted by molar-refractivity contribution is 5.90. The van der Waals surface area contributed by atoms with E-state index in [9.17, 15) is 4.79 Å². The van der Waals surface area contributed by atoms with Crippen molar-refractivity contribution in [3.05, 3.63) is 18.3 Å². The predicted molar refractivity (Wildman–Crippen MR) is 87.5 cm³/mol. The molecule has 0 saturated heterocycles. The lowest BCUT2D eigenvalue weighted by atomic mass is 10.2. The molecular weight excluding hydrogens is 282 g/mol. The summed E-state index contributed by atoms with van der Waals surface area (Å²) in [5, 5.41) is 10.4. The molecule has 7 nitrogen and oxygen atoms in total. The number of nitrogens with zero attached hydrogens (tertiary/aromatic N) is 2. The van der Waals surface area contributed by atoms with Crippen molar-refractivity contribution < 1.29 is 9.53 Å². The van der Waals surface area contributed by atoms with Gasteiger partial charge in [0.05, 0.1) is 11.9 Å². The van der Waals surface area contributed by atoms with Gasteiger partial charge in [-0.3, -0.25) is 5.32 Å². The molecule has 3 N–H and O–H groups in total. The predicted octanol–water partition coefficient (Wildman–Crippen LogP) is 3.65. The lowest BCUT2D eigenvalue weighted by molar-refractivity contribution is 0.0636. The summed E-state index contributed by atoms with van der Waals surface area (Å²) >= 11 is 0. The average Bonchev–Trinajstić information content (AvgIpc) is 2.78. The number of rotatable bonds is 4. The van der Waals surface area contributed by atoms with Crippen molar-refractivity contribution in [3.63, 3.8) is 0 Å². The summed E-state index contributed by atoms with van der Waals surface area (Å²) < 4.78 is 5.19. The minimum absolute atomic E-state index is 0.480. The molecule has 1 amide bonds. The zero-order valence-corrected chi connectivity index (χ0v) is 12.8. The summed E-state index contributed by atoms with van der Waals surface area (Å²) in [6.07, 6.45) is 4.42. The Bertz CT molecular complexity index is 712. The molecule has 2 aromatic heterocycles. The Morgan fingerprint density at radius 1 is 1.50 bits per heavy atom. The first-order valence-corrected chi connectivity index (χ1v) is 6.87. The molecule has 0 fully saturated rings. The van der Waals surface area contributed by atoms with Gasteiger partial charge in [0.1, 0.15) is 17.1 Å². The van der Waals surface area contributed by atoms with E-state index in [1.54, 1.807) is 39.2 Å². The number of aromatic nitrogens is 2. The Kier molecular flexibility index (Phi) is 4.55. The van der Waals surface area contributed by atoms with Gasteiger partial charge < -0.3 is 15.1 Å². The first-order valence-electron chi connectivity index (χ1n) is 6.87. The van der Waals surface area contributed by atoms with Crippen LogP contribution >= 0.6 is 0 Å². The molecule has 0 unspecified atom stereocenters. The third-order valence-electron chi connectivity index (χ3n) is 2.55. The number of carbonyl (C=O) groups is 1. The molecule has 7 heteroatoms. The maximum absolute atomic E-state index is 11.7. The Balaban J connectivity index is 2.13. The van der Waals surface area contributed by atoms with Crippen LogP contribution in [-0.2, 0) is 4.74 Å². The third kappa shape index (κ3) is 4.41. The highest BCUT2D eigenvalue weighted by Crippen LogP contribution is 2.22. The SMILES string of the molecule is CC(C)(C)OC(=O)Nc1cnc2[nH]c(N=CCC=N)cc2c1. The number of hydrogen-bond acceptors (Lipinski definition) is 5. The van der Waals surface area contributed by atoms with Crippen LogP contribution in [0.3, 0.4) is 0 Å². The molecular formula is C15H19N5O2. The summed E-state index contributed by atoms with van der Waals surface area (Å²) in [4.78, 5) is 23.2. The Labute approximate surface area is 128 Å². The second-order valence-electron chi connectivity index (χ2n) is 5.69. The van der Waals surface area contributed by atoms with Gasteiger partial charge in [-0.05, 0) is 32.9 Å². The van der Waals surface area contributed by atoms with Gasteiger partial charge in [-0.25, -0.2) is 14.8 Å². The van der Waals surface area contributed by atoms with Crippen LogP contribution in [0.1, 0.15) is 27.2 Å².